The van der Waals surface area contributed by atoms with Gasteiger partial charge in [-0.2, -0.15) is 0 Å². The van der Waals surface area contributed by atoms with Gasteiger partial charge in [0, 0.05) is 13.3 Å². The summed E-state index contributed by atoms with van der Waals surface area (Å²) in [7, 11) is 0. The highest BCUT2D eigenvalue weighted by molar-refractivity contribution is 5.10. The van der Waals surface area contributed by atoms with Crippen molar-refractivity contribution in [3.8, 4) is 0 Å². The summed E-state index contributed by atoms with van der Waals surface area (Å²) in [5, 5.41) is 0. The zero-order valence-electron chi connectivity index (χ0n) is 15.2. The first-order valence-corrected chi connectivity index (χ1v) is 8.30. The van der Waals surface area contributed by atoms with Crippen molar-refractivity contribution in [1.82, 2.24) is 0 Å². The third kappa shape index (κ3) is 10.2. The Balaban J connectivity index is 4.10. The fourth-order valence-electron chi connectivity index (χ4n) is 2.15. The van der Waals surface area contributed by atoms with Crippen LogP contribution in [0.1, 0.15) is 73.1 Å². The molecule has 22 heavy (non-hydrogen) atoms. The molecule has 0 aromatic heterocycles. The lowest BCUT2D eigenvalue weighted by molar-refractivity contribution is 0.623. The van der Waals surface area contributed by atoms with Gasteiger partial charge in [0.25, 0.3) is 0 Å². The molecule has 0 unspecified atom stereocenters. The summed E-state index contributed by atoms with van der Waals surface area (Å²) in [5.74, 6) is 0. The van der Waals surface area contributed by atoms with Gasteiger partial charge in [-0.25, -0.2) is 6.57 Å². The van der Waals surface area contributed by atoms with Crippen LogP contribution in [0.25, 0.3) is 4.85 Å². The molecule has 0 saturated carbocycles. The number of rotatable bonds is 10. The Morgan fingerprint density at radius 1 is 0.955 bits per heavy atom. The molecule has 0 aromatic carbocycles. The second kappa shape index (κ2) is 11.1. The highest BCUT2D eigenvalue weighted by Gasteiger charge is 2.23. The molecule has 0 heterocycles. The van der Waals surface area contributed by atoms with E-state index in [0.29, 0.717) is 0 Å². The average Bonchev–Trinajstić information content (AvgIpc) is 2.46. The zero-order valence-corrected chi connectivity index (χ0v) is 15.2. The molecule has 0 spiro atoms. The molecule has 1 atom stereocenters. The minimum absolute atomic E-state index is 0.405. The quantitative estimate of drug-likeness (QED) is 0.301. The van der Waals surface area contributed by atoms with Gasteiger partial charge < -0.3 is 4.85 Å². The zero-order chi connectivity index (χ0) is 17.0. The van der Waals surface area contributed by atoms with Crippen LogP contribution in [-0.4, -0.2) is 5.54 Å². The van der Waals surface area contributed by atoms with Gasteiger partial charge in [0.15, 0.2) is 0 Å². The van der Waals surface area contributed by atoms with E-state index in [1.165, 1.54) is 16.7 Å². The molecule has 0 radical (unpaired) electrons. The maximum Gasteiger partial charge on any atom is 0.248 e. The van der Waals surface area contributed by atoms with Crippen molar-refractivity contribution < 1.29 is 0 Å². The molecule has 0 aliphatic carbocycles. The number of allylic oxidation sites excluding steroid dienone is 6. The van der Waals surface area contributed by atoms with Gasteiger partial charge in [0.1, 0.15) is 0 Å². The van der Waals surface area contributed by atoms with E-state index in [1.807, 2.05) is 6.92 Å². The molecule has 0 amide bonds. The molecule has 0 aromatic rings. The van der Waals surface area contributed by atoms with Gasteiger partial charge in [0.2, 0.25) is 5.54 Å². The van der Waals surface area contributed by atoms with Crippen molar-refractivity contribution in [1.29, 1.82) is 0 Å². The van der Waals surface area contributed by atoms with E-state index in [9.17, 15) is 0 Å². The molecule has 0 rings (SSSR count). The van der Waals surface area contributed by atoms with Crippen LogP contribution in [0.2, 0.25) is 0 Å². The van der Waals surface area contributed by atoms with Gasteiger partial charge in [-0.1, -0.05) is 41.5 Å². The minimum Gasteiger partial charge on any atom is -0.306 e. The van der Waals surface area contributed by atoms with E-state index in [4.69, 9.17) is 6.57 Å². The first-order chi connectivity index (χ1) is 10.3. The van der Waals surface area contributed by atoms with Gasteiger partial charge in [-0.3, -0.25) is 0 Å². The molecule has 0 aliphatic rings. The second-order valence-corrected chi connectivity index (χ2v) is 6.67. The van der Waals surface area contributed by atoms with Gasteiger partial charge in [0.05, 0.1) is 0 Å². The van der Waals surface area contributed by atoms with Crippen LogP contribution in [0.5, 0.6) is 0 Å². The largest absolute Gasteiger partial charge is 0.306 e. The van der Waals surface area contributed by atoms with Crippen LogP contribution in [0.15, 0.2) is 47.6 Å². The molecule has 0 bridgehead atoms. The molecule has 0 saturated heterocycles. The van der Waals surface area contributed by atoms with Gasteiger partial charge in [-0.15, -0.1) is 0 Å². The molecule has 0 aliphatic heterocycles. The third-order valence-electron chi connectivity index (χ3n) is 3.96. The van der Waals surface area contributed by atoms with Crippen molar-refractivity contribution in [2.75, 3.05) is 0 Å². The predicted octanol–water partition coefficient (Wildman–Crippen LogP) is 7.05. The molecule has 0 fully saturated rings. The number of hydrogen-bond acceptors (Lipinski definition) is 0. The first kappa shape index (κ1) is 20.5. The molecule has 1 heteroatoms. The highest BCUT2D eigenvalue weighted by Crippen LogP contribution is 2.20. The Morgan fingerprint density at radius 2 is 1.45 bits per heavy atom. The van der Waals surface area contributed by atoms with Crippen molar-refractivity contribution in [2.45, 2.75) is 78.7 Å². The predicted molar refractivity (Wildman–Crippen MR) is 99.9 cm³/mol. The van der Waals surface area contributed by atoms with E-state index in [2.05, 4.69) is 57.3 Å². The summed E-state index contributed by atoms with van der Waals surface area (Å²) >= 11 is 0. The first-order valence-electron chi connectivity index (χ1n) is 8.30. The van der Waals surface area contributed by atoms with Crippen LogP contribution < -0.4 is 0 Å². The summed E-state index contributed by atoms with van der Waals surface area (Å²) in [4.78, 5) is 3.65. The van der Waals surface area contributed by atoms with Crippen LogP contribution in [0.4, 0.5) is 0 Å². The maximum absolute atomic E-state index is 7.20. The summed E-state index contributed by atoms with van der Waals surface area (Å²) in [6.07, 6.45) is 15.1. The lowest BCUT2D eigenvalue weighted by Crippen LogP contribution is -2.14. The second-order valence-electron chi connectivity index (χ2n) is 6.67. The van der Waals surface area contributed by atoms with E-state index < -0.39 is 5.54 Å². The Labute approximate surface area is 138 Å². The maximum atomic E-state index is 7.20. The monoisotopic (exact) mass is 299 g/mol. The van der Waals surface area contributed by atoms with Crippen LogP contribution in [-0.2, 0) is 0 Å². The topological polar surface area (TPSA) is 4.36 Å². The van der Waals surface area contributed by atoms with Crippen LogP contribution >= 0.6 is 0 Å². The van der Waals surface area contributed by atoms with E-state index in [1.54, 1.807) is 6.08 Å². The third-order valence-corrected chi connectivity index (χ3v) is 3.96. The average molecular weight is 300 g/mol. The van der Waals surface area contributed by atoms with Crippen LogP contribution in [0.3, 0.4) is 0 Å². The fraction of sp³-hybridized carbons (Fsp3) is 0.571. The Morgan fingerprint density at radius 3 is 1.91 bits per heavy atom. The summed E-state index contributed by atoms with van der Waals surface area (Å²) in [5.41, 5.74) is 3.90. The van der Waals surface area contributed by atoms with E-state index in [0.717, 1.165) is 38.5 Å². The van der Waals surface area contributed by atoms with Crippen molar-refractivity contribution in [3.05, 3.63) is 59.0 Å². The van der Waals surface area contributed by atoms with E-state index in [-0.39, 0.29) is 0 Å². The normalized spacial score (nSPS) is 14.9. The molecular formula is C21H33N. The smallest absolute Gasteiger partial charge is 0.248 e. The fourth-order valence-corrected chi connectivity index (χ4v) is 2.15. The minimum atomic E-state index is -0.405. The van der Waals surface area contributed by atoms with Crippen molar-refractivity contribution in [3.63, 3.8) is 0 Å². The lowest BCUT2D eigenvalue weighted by atomic mass is 9.96. The van der Waals surface area contributed by atoms with E-state index >= 15 is 0 Å². The van der Waals surface area contributed by atoms with Gasteiger partial charge in [-0.05, 0) is 65.9 Å². The summed E-state index contributed by atoms with van der Waals surface area (Å²) < 4.78 is 0. The standard InChI is InChI=1S/C21H33N/c1-8-21(6,22-7)17-11-16-20(5)15-10-14-19(4)13-9-12-18(2)3/h8,12,14,16H,1,9-11,13,15,17H2,2-6H3/b19-14+,20-16+/t21-/m1/s1. The molecule has 122 valence electrons. The van der Waals surface area contributed by atoms with Crippen LogP contribution in [0, 0.1) is 6.57 Å². The Bertz CT molecular complexity index is 467. The lowest BCUT2D eigenvalue weighted by Gasteiger charge is -2.10. The van der Waals surface area contributed by atoms with Crippen molar-refractivity contribution >= 4 is 0 Å². The Kier molecular flexibility index (Phi) is 10.3. The highest BCUT2D eigenvalue weighted by atomic mass is 14.8. The van der Waals surface area contributed by atoms with Gasteiger partial charge >= 0.3 is 0 Å². The van der Waals surface area contributed by atoms with Crippen molar-refractivity contribution in [2.24, 2.45) is 0 Å². The number of nitrogens with zero attached hydrogens (tertiary/aromatic N) is 1. The molecule has 0 N–H and O–H groups in total. The molecule has 1 nitrogen and oxygen atoms in total. The summed E-state index contributed by atoms with van der Waals surface area (Å²) in [6.45, 7) is 21.6. The Hall–Kier alpha value is -1.55. The molecular weight excluding hydrogens is 266 g/mol. The summed E-state index contributed by atoms with van der Waals surface area (Å²) in [6, 6.07) is 0. The number of hydrogen-bond donors (Lipinski definition) is 0. The SMILES string of the molecule is [C-]#[N+][C@](C)(C=C)CC/C=C(\C)CC/C=C(\C)CCC=C(C)C.